The zero-order valence-corrected chi connectivity index (χ0v) is 15.2. The van der Waals surface area contributed by atoms with Crippen LogP contribution in [0.3, 0.4) is 0 Å². The van der Waals surface area contributed by atoms with Crippen molar-refractivity contribution in [3.05, 3.63) is 0 Å². The second-order valence-corrected chi connectivity index (χ2v) is 9.90. The van der Waals surface area contributed by atoms with Crippen molar-refractivity contribution in [1.29, 1.82) is 0 Å². The molecule has 5 nitrogen and oxygen atoms in total. The van der Waals surface area contributed by atoms with Gasteiger partial charge in [-0.15, -0.1) is 0 Å². The number of phosphoric ester groups is 1. The zero-order valence-electron chi connectivity index (χ0n) is 11.6. The molecule has 0 radical (unpaired) electrons. The molecule has 0 fully saturated rings. The highest BCUT2D eigenvalue weighted by Gasteiger charge is 2.34. The lowest BCUT2D eigenvalue weighted by atomic mass is 10.0. The van der Waals surface area contributed by atoms with Crippen LogP contribution in [0.15, 0.2) is 0 Å². The first-order valence-electron chi connectivity index (χ1n) is 6.10. The number of phosphoric acid groups is 1. The van der Waals surface area contributed by atoms with Crippen molar-refractivity contribution in [2.75, 3.05) is 6.61 Å². The number of rotatable bonds is 10. The van der Waals surface area contributed by atoms with E-state index in [0.717, 1.165) is 0 Å². The van der Waals surface area contributed by atoms with Crippen LogP contribution in [-0.4, -0.2) is 18.5 Å². The third-order valence-electron chi connectivity index (χ3n) is 2.14. The largest absolute Gasteiger partial charge is 0.486 e. The molecule has 0 aliphatic carbocycles. The van der Waals surface area contributed by atoms with Gasteiger partial charge < -0.3 is 0 Å². The van der Waals surface area contributed by atoms with E-state index in [-0.39, 0.29) is 18.3 Å². The summed E-state index contributed by atoms with van der Waals surface area (Å²) in [5.74, 6) is -0.341. The molecule has 3 unspecified atom stereocenters. The Kier molecular flexibility index (Phi) is 9.89. The van der Waals surface area contributed by atoms with Crippen LogP contribution >= 0.6 is 15.8 Å². The Bertz CT molecular complexity index is 401. The predicted octanol–water partition coefficient (Wildman–Crippen LogP) is 3.34. The maximum absolute atomic E-state index is 12.4. The molecule has 0 spiro atoms. The van der Waals surface area contributed by atoms with E-state index in [0.29, 0.717) is 12.8 Å². The first kappa shape index (κ1) is 19.7. The van der Waals surface area contributed by atoms with Crippen molar-refractivity contribution < 1.29 is 22.4 Å². The van der Waals surface area contributed by atoms with Gasteiger partial charge in [-0.2, -0.15) is 0 Å². The molecule has 0 aliphatic heterocycles. The van der Waals surface area contributed by atoms with Gasteiger partial charge in [-0.05, 0) is 32.9 Å². The summed E-state index contributed by atoms with van der Waals surface area (Å²) in [7, 11) is -2.24. The topological polar surface area (TPSA) is 61.8 Å². The summed E-state index contributed by atoms with van der Waals surface area (Å²) in [6.45, 7) is 7.38. The maximum Gasteiger partial charge on any atom is 0.486 e. The molecule has 0 saturated heterocycles. The number of hydrogen-bond acceptors (Lipinski definition) is 6. The van der Waals surface area contributed by atoms with Gasteiger partial charge in [0.15, 0.2) is 5.78 Å². The van der Waals surface area contributed by atoms with Crippen molar-refractivity contribution in [2.45, 2.75) is 46.6 Å². The molecule has 3 atom stereocenters. The Hall–Kier alpha value is 0.650. The van der Waals surface area contributed by atoms with Crippen LogP contribution in [0.4, 0.5) is 0 Å². The first-order valence-corrected chi connectivity index (χ1v) is 11.2. The Balaban J connectivity index is 4.96. The van der Waals surface area contributed by atoms with Gasteiger partial charge in [0.25, 0.3) is 0 Å². The molecule has 0 rings (SSSR count). The zero-order chi connectivity index (χ0) is 15.1. The lowest BCUT2D eigenvalue weighted by Crippen LogP contribution is -2.27. The van der Waals surface area contributed by atoms with E-state index < -0.39 is 22.8 Å². The molecule has 0 aromatic heterocycles. The number of thiol groups is 1. The summed E-state index contributed by atoms with van der Waals surface area (Å²) < 4.78 is 27.9. The molecule has 19 heavy (non-hydrogen) atoms. The Labute approximate surface area is 123 Å². The lowest BCUT2D eigenvalue weighted by molar-refractivity contribution is -0.129. The van der Waals surface area contributed by atoms with Crippen LogP contribution in [0, 0.1) is 5.92 Å². The summed E-state index contributed by atoms with van der Waals surface area (Å²) in [6.07, 6.45) is 0.249. The van der Waals surface area contributed by atoms with Crippen molar-refractivity contribution in [3.63, 3.8) is 0 Å². The van der Waals surface area contributed by atoms with E-state index in [1.54, 1.807) is 20.8 Å². The van der Waals surface area contributed by atoms with Crippen LogP contribution in [0.2, 0.25) is 0 Å². The van der Waals surface area contributed by atoms with E-state index >= 15 is 0 Å². The van der Waals surface area contributed by atoms with Crippen molar-refractivity contribution >= 4 is 41.7 Å². The van der Waals surface area contributed by atoms with Gasteiger partial charge >= 0.3 is 7.82 Å². The van der Waals surface area contributed by atoms with E-state index in [1.165, 1.54) is 0 Å². The SMILES string of the molecule is CCCOP(=O)(OC(CC)C(=O)C(C)C)O[SH](=P)=S. The van der Waals surface area contributed by atoms with Crippen LogP contribution < -0.4 is 0 Å². The minimum Gasteiger partial charge on any atom is -0.296 e. The van der Waals surface area contributed by atoms with Gasteiger partial charge in [-0.1, -0.05) is 35.7 Å². The molecule has 0 aromatic carbocycles. The average Bonchev–Trinajstić information content (AvgIpc) is 2.31. The van der Waals surface area contributed by atoms with Gasteiger partial charge in [0.1, 0.15) is 6.10 Å². The fraction of sp³-hybridized carbons (Fsp3) is 0.900. The molecule has 0 aliphatic rings. The third kappa shape index (κ3) is 7.86. The highest BCUT2D eigenvalue weighted by Crippen LogP contribution is 2.51. The number of carbonyl (C=O) groups excluding carboxylic acids is 1. The van der Waals surface area contributed by atoms with Gasteiger partial charge in [-0.25, -0.2) is 8.54 Å². The smallest absolute Gasteiger partial charge is 0.296 e. The second kappa shape index (κ2) is 9.56. The quantitative estimate of drug-likeness (QED) is 0.483. The molecule has 0 bridgehead atoms. The average molecular weight is 348 g/mol. The Morgan fingerprint density at radius 1 is 1.42 bits per heavy atom. The summed E-state index contributed by atoms with van der Waals surface area (Å²) >= 11 is 4.82. The standard InChI is InChI=1S/C10H22O5P2S2/c1-5-7-13-17(12,15-19(16)18)14-9(6-2)10(11)8(3)4/h8-9,16,19H,5-7H2,1-4H3. The monoisotopic (exact) mass is 348 g/mol. The third-order valence-corrected chi connectivity index (χ3v) is 5.88. The molecule has 9 heteroatoms. The molecule has 0 N–H and O–H groups in total. The highest BCUT2D eigenvalue weighted by molar-refractivity contribution is 8.37. The van der Waals surface area contributed by atoms with Crippen molar-refractivity contribution in [1.82, 2.24) is 0 Å². The van der Waals surface area contributed by atoms with E-state index in [1.807, 2.05) is 6.92 Å². The molecule has 114 valence electrons. The van der Waals surface area contributed by atoms with Crippen LogP contribution in [0.25, 0.3) is 0 Å². The second-order valence-electron chi connectivity index (χ2n) is 4.18. The van der Waals surface area contributed by atoms with Crippen LogP contribution in [0.5, 0.6) is 0 Å². The van der Waals surface area contributed by atoms with E-state index in [9.17, 15) is 9.36 Å². The number of hydrogen-bond donors (Lipinski definition) is 1. The van der Waals surface area contributed by atoms with Gasteiger partial charge in [0.2, 0.25) is 0 Å². The summed E-state index contributed by atoms with van der Waals surface area (Å²) in [5, 5.41) is 0. The number of carbonyl (C=O) groups is 1. The molecule has 0 aromatic rings. The van der Waals surface area contributed by atoms with E-state index in [4.69, 9.17) is 24.2 Å². The lowest BCUT2D eigenvalue weighted by Gasteiger charge is -2.22. The fourth-order valence-electron chi connectivity index (χ4n) is 1.22. The van der Waals surface area contributed by atoms with Gasteiger partial charge in [0.05, 0.1) is 6.61 Å². The summed E-state index contributed by atoms with van der Waals surface area (Å²) in [4.78, 5) is 11.9. The normalized spacial score (nSPS) is 17.9. The maximum atomic E-state index is 12.4. The summed E-state index contributed by atoms with van der Waals surface area (Å²) in [6, 6.07) is 0. The van der Waals surface area contributed by atoms with Crippen LogP contribution in [0.1, 0.15) is 40.5 Å². The molecule has 0 amide bonds. The van der Waals surface area contributed by atoms with Crippen LogP contribution in [-0.2, 0) is 42.5 Å². The molecular weight excluding hydrogens is 326 g/mol. The predicted molar refractivity (Wildman–Crippen MR) is 84.4 cm³/mol. The van der Waals surface area contributed by atoms with Gasteiger partial charge in [0, 0.05) is 5.92 Å². The highest BCUT2D eigenvalue weighted by atomic mass is 32.9. The van der Waals surface area contributed by atoms with Gasteiger partial charge in [-0.3, -0.25) is 13.8 Å². The first-order chi connectivity index (χ1) is 8.75. The summed E-state index contributed by atoms with van der Waals surface area (Å²) in [5.41, 5.74) is 0. The minimum atomic E-state index is -3.80. The number of Topliss-reactive ketones (excluding diaryl/α,β-unsaturated/α-hetero) is 1. The fourth-order valence-corrected chi connectivity index (χ4v) is 4.96. The Morgan fingerprint density at radius 2 is 2.00 bits per heavy atom. The molecule has 0 heterocycles. The van der Waals surface area contributed by atoms with E-state index in [2.05, 4.69) is 8.02 Å². The molecular formula is C10H22O5P2S2. The minimum absolute atomic E-state index is 0.130. The molecule has 0 saturated carbocycles. The van der Waals surface area contributed by atoms with Crippen molar-refractivity contribution in [2.24, 2.45) is 5.92 Å². The Morgan fingerprint density at radius 3 is 2.37 bits per heavy atom. The van der Waals surface area contributed by atoms with Crippen molar-refractivity contribution in [3.8, 4) is 0 Å². The number of ketones is 1.